The molecule has 0 unspecified atom stereocenters. The Balaban J connectivity index is 2.38. The average Bonchev–Trinajstić information content (AvgIpc) is 2.43. The van der Waals surface area contributed by atoms with Gasteiger partial charge >= 0.3 is 5.97 Å². The fourth-order valence-corrected chi connectivity index (χ4v) is 1.58. The van der Waals surface area contributed by atoms with E-state index in [0.717, 1.165) is 36.4 Å². The molecule has 0 aliphatic rings. The van der Waals surface area contributed by atoms with Crippen LogP contribution in [0.2, 0.25) is 0 Å². The van der Waals surface area contributed by atoms with E-state index in [9.17, 15) is 18.0 Å². The Bertz CT molecular complexity index is 711. The van der Waals surface area contributed by atoms with Crippen LogP contribution in [0.1, 0.15) is 5.56 Å². The highest BCUT2D eigenvalue weighted by Gasteiger charge is 2.11. The number of carboxylic acids is 1. The summed E-state index contributed by atoms with van der Waals surface area (Å²) in [6, 6.07) is 6.65. The molecule has 0 fully saturated rings. The number of hydrogen-bond acceptors (Lipinski definition) is 2. The minimum Gasteiger partial charge on any atom is -0.478 e. The van der Waals surface area contributed by atoms with Crippen molar-refractivity contribution in [1.29, 1.82) is 0 Å². The van der Waals surface area contributed by atoms with E-state index in [1.807, 2.05) is 0 Å². The minimum atomic E-state index is -1.21. The molecular formula is C15H9F3O3. The van der Waals surface area contributed by atoms with Crippen LogP contribution in [0.5, 0.6) is 11.5 Å². The maximum atomic E-state index is 13.8. The second kappa shape index (κ2) is 6.13. The lowest BCUT2D eigenvalue weighted by molar-refractivity contribution is -0.131. The summed E-state index contributed by atoms with van der Waals surface area (Å²) in [4.78, 5) is 10.5. The largest absolute Gasteiger partial charge is 0.478 e. The number of aliphatic carboxylic acids is 1. The van der Waals surface area contributed by atoms with Crippen LogP contribution in [-0.4, -0.2) is 11.1 Å². The standard InChI is InChI=1S/C15H9F3O3/c16-11-6-5-10(8-13(11)18)21-15-9(4-7-14(19)20)2-1-3-12(15)17/h1-8H,(H,19,20)/b7-4+. The summed E-state index contributed by atoms with van der Waals surface area (Å²) in [5.74, 6) is -4.54. The molecule has 0 atom stereocenters. The monoisotopic (exact) mass is 294 g/mol. The molecule has 0 aromatic heterocycles. The Labute approximate surface area is 117 Å². The van der Waals surface area contributed by atoms with Gasteiger partial charge in [0.1, 0.15) is 5.75 Å². The summed E-state index contributed by atoms with van der Waals surface area (Å²) in [6.07, 6.45) is 1.95. The molecule has 108 valence electrons. The van der Waals surface area contributed by atoms with Crippen molar-refractivity contribution >= 4 is 12.0 Å². The molecule has 2 aromatic carbocycles. The first-order valence-electron chi connectivity index (χ1n) is 5.80. The molecule has 2 rings (SSSR count). The van der Waals surface area contributed by atoms with Gasteiger partial charge in [-0.15, -0.1) is 0 Å². The predicted octanol–water partition coefficient (Wildman–Crippen LogP) is 3.99. The van der Waals surface area contributed by atoms with E-state index >= 15 is 0 Å². The van der Waals surface area contributed by atoms with Crippen LogP contribution in [0.15, 0.2) is 42.5 Å². The van der Waals surface area contributed by atoms with Gasteiger partial charge in [-0.2, -0.15) is 0 Å². The number of ether oxygens (including phenoxy) is 1. The molecule has 21 heavy (non-hydrogen) atoms. The zero-order valence-electron chi connectivity index (χ0n) is 10.5. The zero-order chi connectivity index (χ0) is 15.4. The highest BCUT2D eigenvalue weighted by molar-refractivity contribution is 5.85. The third-order valence-electron chi connectivity index (χ3n) is 2.51. The second-order valence-corrected chi connectivity index (χ2v) is 4.01. The number of rotatable bonds is 4. The molecule has 0 amide bonds. The maximum Gasteiger partial charge on any atom is 0.328 e. The van der Waals surface area contributed by atoms with E-state index in [-0.39, 0.29) is 17.1 Å². The molecule has 2 aromatic rings. The van der Waals surface area contributed by atoms with Crippen molar-refractivity contribution < 1.29 is 27.8 Å². The Morgan fingerprint density at radius 3 is 2.48 bits per heavy atom. The Morgan fingerprint density at radius 2 is 1.81 bits per heavy atom. The predicted molar refractivity (Wildman–Crippen MR) is 69.5 cm³/mol. The van der Waals surface area contributed by atoms with Gasteiger partial charge in [0, 0.05) is 17.7 Å². The number of carboxylic acid groups (broad SMARTS) is 1. The van der Waals surface area contributed by atoms with Crippen molar-refractivity contribution in [3.05, 3.63) is 65.5 Å². The van der Waals surface area contributed by atoms with Gasteiger partial charge in [0.15, 0.2) is 23.2 Å². The molecule has 1 N–H and O–H groups in total. The van der Waals surface area contributed by atoms with E-state index in [1.54, 1.807) is 0 Å². The summed E-state index contributed by atoms with van der Waals surface area (Å²) < 4.78 is 44.9. The molecule has 0 heterocycles. The first-order chi connectivity index (χ1) is 9.97. The lowest BCUT2D eigenvalue weighted by atomic mass is 10.1. The maximum absolute atomic E-state index is 13.8. The third-order valence-corrected chi connectivity index (χ3v) is 2.51. The Morgan fingerprint density at radius 1 is 1.05 bits per heavy atom. The van der Waals surface area contributed by atoms with Crippen LogP contribution >= 0.6 is 0 Å². The molecule has 0 saturated heterocycles. The van der Waals surface area contributed by atoms with Crippen molar-refractivity contribution in [2.45, 2.75) is 0 Å². The minimum absolute atomic E-state index is 0.107. The van der Waals surface area contributed by atoms with E-state index in [2.05, 4.69) is 0 Å². The summed E-state index contributed by atoms with van der Waals surface area (Å²) in [5.41, 5.74) is 0.155. The quantitative estimate of drug-likeness (QED) is 0.867. The van der Waals surface area contributed by atoms with Gasteiger partial charge in [0.2, 0.25) is 0 Å². The van der Waals surface area contributed by atoms with Crippen molar-refractivity contribution in [3.8, 4) is 11.5 Å². The topological polar surface area (TPSA) is 46.5 Å². The van der Waals surface area contributed by atoms with Crippen LogP contribution in [0.25, 0.3) is 6.08 Å². The third kappa shape index (κ3) is 3.62. The molecule has 0 aliphatic heterocycles. The van der Waals surface area contributed by atoms with Crippen molar-refractivity contribution in [2.75, 3.05) is 0 Å². The molecule has 0 spiro atoms. The van der Waals surface area contributed by atoms with Crippen LogP contribution in [0.3, 0.4) is 0 Å². The first-order valence-corrected chi connectivity index (χ1v) is 5.80. The van der Waals surface area contributed by atoms with Crippen molar-refractivity contribution in [1.82, 2.24) is 0 Å². The summed E-state index contributed by atoms with van der Waals surface area (Å²) in [5, 5.41) is 8.58. The summed E-state index contributed by atoms with van der Waals surface area (Å²) in [6.45, 7) is 0. The van der Waals surface area contributed by atoms with Gasteiger partial charge < -0.3 is 9.84 Å². The number of carbonyl (C=O) groups is 1. The lowest BCUT2D eigenvalue weighted by Crippen LogP contribution is -1.94. The van der Waals surface area contributed by atoms with Gasteiger partial charge in [-0.3, -0.25) is 0 Å². The van der Waals surface area contributed by atoms with Crippen molar-refractivity contribution in [2.24, 2.45) is 0 Å². The SMILES string of the molecule is O=C(O)/C=C/c1cccc(F)c1Oc1ccc(F)c(F)c1. The average molecular weight is 294 g/mol. The lowest BCUT2D eigenvalue weighted by Gasteiger charge is -2.10. The van der Waals surface area contributed by atoms with Gasteiger partial charge in [0.25, 0.3) is 0 Å². The van der Waals surface area contributed by atoms with E-state index in [1.165, 1.54) is 12.1 Å². The molecular weight excluding hydrogens is 285 g/mol. The fraction of sp³-hybridized carbons (Fsp3) is 0. The van der Waals surface area contributed by atoms with E-state index in [4.69, 9.17) is 9.84 Å². The Kier molecular flexibility index (Phi) is 4.27. The molecule has 0 saturated carbocycles. The van der Waals surface area contributed by atoms with Crippen molar-refractivity contribution in [3.63, 3.8) is 0 Å². The highest BCUT2D eigenvalue weighted by Crippen LogP contribution is 2.30. The van der Waals surface area contributed by atoms with Gasteiger partial charge in [-0.1, -0.05) is 12.1 Å². The van der Waals surface area contributed by atoms with Gasteiger partial charge in [-0.25, -0.2) is 18.0 Å². The summed E-state index contributed by atoms with van der Waals surface area (Å²) >= 11 is 0. The number of halogens is 3. The van der Waals surface area contributed by atoms with E-state index in [0.29, 0.717) is 0 Å². The van der Waals surface area contributed by atoms with Crippen LogP contribution < -0.4 is 4.74 Å². The second-order valence-electron chi connectivity index (χ2n) is 4.01. The molecule has 0 bridgehead atoms. The molecule has 0 aliphatic carbocycles. The summed E-state index contributed by atoms with van der Waals surface area (Å²) in [7, 11) is 0. The molecule has 6 heteroatoms. The van der Waals surface area contributed by atoms with Gasteiger partial charge in [0.05, 0.1) is 0 Å². The fourth-order valence-electron chi connectivity index (χ4n) is 1.58. The zero-order valence-corrected chi connectivity index (χ0v) is 10.5. The Hall–Kier alpha value is -2.76. The van der Waals surface area contributed by atoms with Crippen LogP contribution in [-0.2, 0) is 4.79 Å². The number of hydrogen-bond donors (Lipinski definition) is 1. The highest BCUT2D eigenvalue weighted by atomic mass is 19.2. The van der Waals surface area contributed by atoms with Crippen LogP contribution in [0.4, 0.5) is 13.2 Å². The first kappa shape index (κ1) is 14.6. The normalized spacial score (nSPS) is 10.8. The molecule has 0 radical (unpaired) electrons. The van der Waals surface area contributed by atoms with E-state index < -0.39 is 23.4 Å². The number of para-hydroxylation sites is 1. The smallest absolute Gasteiger partial charge is 0.328 e. The van der Waals surface area contributed by atoms with Crippen LogP contribution in [0, 0.1) is 17.5 Å². The number of benzene rings is 2. The molecule has 3 nitrogen and oxygen atoms in total. The van der Waals surface area contributed by atoms with Gasteiger partial charge in [-0.05, 0) is 24.3 Å².